The van der Waals surface area contributed by atoms with Gasteiger partial charge in [0.1, 0.15) is 11.5 Å². The average Bonchev–Trinajstić information content (AvgIpc) is 2.40. The van der Waals surface area contributed by atoms with Gasteiger partial charge in [0, 0.05) is 6.07 Å². The molecule has 0 unspecified atom stereocenters. The molecule has 1 aromatic carbocycles. The van der Waals surface area contributed by atoms with Crippen molar-refractivity contribution in [3.8, 4) is 0 Å². The summed E-state index contributed by atoms with van der Waals surface area (Å²) >= 11 is 0. The van der Waals surface area contributed by atoms with E-state index in [0.29, 0.717) is 6.07 Å². The van der Waals surface area contributed by atoms with Gasteiger partial charge < -0.3 is 9.84 Å². The summed E-state index contributed by atoms with van der Waals surface area (Å²) < 4.78 is 67.5. The van der Waals surface area contributed by atoms with E-state index >= 15 is 0 Å². The van der Waals surface area contributed by atoms with Gasteiger partial charge in [-0.05, 0) is 19.1 Å². The molecule has 1 aromatic rings. The number of rotatable bonds is 4. The first-order valence-electron chi connectivity index (χ1n) is 5.71. The molecule has 1 N–H and O–H groups in total. The average molecular weight is 324 g/mol. The van der Waals surface area contributed by atoms with Crippen LogP contribution in [0.15, 0.2) is 39.9 Å². The number of nitrogens with zero attached hydrogens (tertiary/aromatic N) is 2. The summed E-state index contributed by atoms with van der Waals surface area (Å²) in [5.41, 5.74) is -2.17. The van der Waals surface area contributed by atoms with Crippen LogP contribution in [0.25, 0.3) is 0 Å². The highest BCUT2D eigenvalue weighted by atomic mass is 19.4. The number of aliphatic hydroxyl groups is 1. The van der Waals surface area contributed by atoms with E-state index in [9.17, 15) is 26.7 Å². The molecule has 0 aliphatic heterocycles. The van der Waals surface area contributed by atoms with E-state index in [1.807, 2.05) is 0 Å². The van der Waals surface area contributed by atoms with Crippen LogP contribution in [0.4, 0.5) is 27.6 Å². The Kier molecular flexibility index (Phi) is 5.55. The molecule has 0 fully saturated rings. The molecule has 1 rings (SSSR count). The van der Waals surface area contributed by atoms with Gasteiger partial charge in [-0.25, -0.2) is 13.6 Å². The summed E-state index contributed by atoms with van der Waals surface area (Å²) in [7, 11) is 0. The predicted octanol–water partition coefficient (Wildman–Crippen LogP) is 3.94. The summed E-state index contributed by atoms with van der Waals surface area (Å²) in [5.74, 6) is -6.07. The third-order valence-electron chi connectivity index (χ3n) is 2.13. The van der Waals surface area contributed by atoms with E-state index in [-0.39, 0.29) is 6.61 Å². The van der Waals surface area contributed by atoms with Crippen LogP contribution in [0.2, 0.25) is 0 Å². The normalized spacial score (nSPS) is 13.2. The smallest absolute Gasteiger partial charge is 0.451 e. The fourth-order valence-corrected chi connectivity index (χ4v) is 1.18. The molecule has 0 bridgehead atoms. The molecule has 0 aliphatic rings. The second kappa shape index (κ2) is 6.96. The van der Waals surface area contributed by atoms with E-state index < -0.39 is 40.9 Å². The zero-order chi connectivity index (χ0) is 16.9. The number of esters is 1. The zero-order valence-electron chi connectivity index (χ0n) is 11.0. The first kappa shape index (κ1) is 17.5. The maximum absolute atomic E-state index is 13.3. The molecule has 120 valence electrons. The molecule has 5 nitrogen and oxygen atoms in total. The number of carbonyl (C=O) groups excluding carboxylic acids is 1. The Labute approximate surface area is 120 Å². The number of allylic oxidation sites excluding steroid dienone is 1. The minimum absolute atomic E-state index is 0.284. The molecule has 0 radical (unpaired) electrons. The lowest BCUT2D eigenvalue weighted by molar-refractivity contribution is -0.143. The van der Waals surface area contributed by atoms with Crippen LogP contribution < -0.4 is 0 Å². The van der Waals surface area contributed by atoms with Gasteiger partial charge in [0.25, 0.3) is 0 Å². The van der Waals surface area contributed by atoms with Gasteiger partial charge in [-0.1, -0.05) is 0 Å². The lowest BCUT2D eigenvalue weighted by Crippen LogP contribution is -2.18. The van der Waals surface area contributed by atoms with Crippen molar-refractivity contribution in [2.24, 2.45) is 10.2 Å². The number of benzene rings is 1. The lowest BCUT2D eigenvalue weighted by Gasteiger charge is -2.08. The number of hydrogen-bond acceptors (Lipinski definition) is 5. The maximum atomic E-state index is 13.3. The Hall–Kier alpha value is -2.52. The first-order valence-corrected chi connectivity index (χ1v) is 5.71. The number of carbonyl (C=O) groups is 1. The number of ether oxygens (including phenoxy) is 1. The van der Waals surface area contributed by atoms with E-state index in [1.54, 1.807) is 0 Å². The quantitative estimate of drug-likeness (QED) is 0.300. The van der Waals surface area contributed by atoms with Gasteiger partial charge in [0.05, 0.1) is 6.61 Å². The molecular formula is C12H9F5N2O3. The number of hydrogen-bond donors (Lipinski definition) is 1. The minimum Gasteiger partial charge on any atom is -0.502 e. The number of halogens is 5. The highest BCUT2D eigenvalue weighted by molar-refractivity contribution is 5.88. The summed E-state index contributed by atoms with van der Waals surface area (Å²) in [4.78, 5) is 11.3. The van der Waals surface area contributed by atoms with Crippen molar-refractivity contribution in [2.45, 2.75) is 13.1 Å². The fraction of sp³-hybridized carbons (Fsp3) is 0.250. The topological polar surface area (TPSA) is 71.2 Å². The summed E-state index contributed by atoms with van der Waals surface area (Å²) in [6, 6.07) is 2.00. The van der Waals surface area contributed by atoms with Crippen LogP contribution in [0, 0.1) is 11.6 Å². The molecule has 0 heterocycles. The van der Waals surface area contributed by atoms with Crippen molar-refractivity contribution in [2.75, 3.05) is 6.61 Å². The monoisotopic (exact) mass is 324 g/mol. The van der Waals surface area contributed by atoms with Crippen molar-refractivity contribution in [3.05, 3.63) is 41.3 Å². The van der Waals surface area contributed by atoms with Gasteiger partial charge in [0.15, 0.2) is 5.82 Å². The van der Waals surface area contributed by atoms with Crippen molar-refractivity contribution < 1.29 is 36.6 Å². The van der Waals surface area contributed by atoms with E-state index in [0.717, 1.165) is 12.1 Å². The third-order valence-corrected chi connectivity index (χ3v) is 2.13. The summed E-state index contributed by atoms with van der Waals surface area (Å²) in [6.07, 6.45) is -5.28. The van der Waals surface area contributed by atoms with Gasteiger partial charge in [-0.3, -0.25) is 0 Å². The second-order valence-electron chi connectivity index (χ2n) is 3.71. The number of azo groups is 1. The van der Waals surface area contributed by atoms with E-state index in [1.165, 1.54) is 6.92 Å². The van der Waals surface area contributed by atoms with Crippen molar-refractivity contribution in [1.82, 2.24) is 0 Å². The summed E-state index contributed by atoms with van der Waals surface area (Å²) in [6.45, 7) is 1.03. The largest absolute Gasteiger partial charge is 0.502 e. The van der Waals surface area contributed by atoms with Crippen LogP contribution in [-0.4, -0.2) is 23.9 Å². The Morgan fingerprint density at radius 3 is 2.45 bits per heavy atom. The zero-order valence-corrected chi connectivity index (χ0v) is 11.0. The molecule has 22 heavy (non-hydrogen) atoms. The third kappa shape index (κ3) is 4.50. The summed E-state index contributed by atoms with van der Waals surface area (Å²) in [5, 5.41) is 14.9. The Balaban J connectivity index is 3.24. The Morgan fingerprint density at radius 2 is 1.95 bits per heavy atom. The van der Waals surface area contributed by atoms with Crippen LogP contribution in [0.1, 0.15) is 6.92 Å². The van der Waals surface area contributed by atoms with Crippen molar-refractivity contribution in [1.29, 1.82) is 0 Å². The molecule has 0 saturated heterocycles. The predicted molar refractivity (Wildman–Crippen MR) is 63.2 cm³/mol. The standard InChI is InChI=1S/C12H9F5N2O3/c1-2-22-11(21)9(10(20)12(15,16)17)19-18-8-4-3-6(13)5-7(8)14/h3-5,20H,2H2,1H3. The van der Waals surface area contributed by atoms with Crippen LogP contribution in [-0.2, 0) is 9.53 Å². The Bertz CT molecular complexity index is 626. The van der Waals surface area contributed by atoms with Gasteiger partial charge in [0.2, 0.25) is 11.5 Å². The second-order valence-corrected chi connectivity index (χ2v) is 3.71. The fourth-order valence-electron chi connectivity index (χ4n) is 1.18. The van der Waals surface area contributed by atoms with Crippen LogP contribution >= 0.6 is 0 Å². The molecule has 0 saturated carbocycles. The molecule has 0 aliphatic carbocycles. The molecule has 0 atom stereocenters. The SMILES string of the molecule is CCOC(=O)C(N=Nc1ccc(F)cc1F)=C(O)C(F)(F)F. The van der Waals surface area contributed by atoms with Crippen molar-refractivity contribution >= 4 is 11.7 Å². The number of alkyl halides is 3. The van der Waals surface area contributed by atoms with Crippen LogP contribution in [0.5, 0.6) is 0 Å². The maximum Gasteiger partial charge on any atom is 0.451 e. The van der Waals surface area contributed by atoms with Crippen molar-refractivity contribution in [3.63, 3.8) is 0 Å². The van der Waals surface area contributed by atoms with Gasteiger partial charge in [-0.15, -0.1) is 10.2 Å². The Morgan fingerprint density at radius 1 is 1.32 bits per heavy atom. The first-order chi connectivity index (χ1) is 10.2. The highest BCUT2D eigenvalue weighted by Crippen LogP contribution is 2.28. The minimum atomic E-state index is -5.28. The molecule has 0 aromatic heterocycles. The lowest BCUT2D eigenvalue weighted by atomic mass is 10.3. The molecule has 10 heteroatoms. The molecule has 0 amide bonds. The van der Waals surface area contributed by atoms with Crippen LogP contribution in [0.3, 0.4) is 0 Å². The van der Waals surface area contributed by atoms with Gasteiger partial charge in [-0.2, -0.15) is 13.2 Å². The molecular weight excluding hydrogens is 315 g/mol. The van der Waals surface area contributed by atoms with Gasteiger partial charge >= 0.3 is 12.1 Å². The molecule has 0 spiro atoms. The van der Waals surface area contributed by atoms with E-state index in [4.69, 9.17) is 5.11 Å². The van der Waals surface area contributed by atoms with E-state index in [2.05, 4.69) is 15.0 Å². The highest BCUT2D eigenvalue weighted by Gasteiger charge is 2.39. The number of aliphatic hydroxyl groups excluding tert-OH is 1.